The number of amides is 1. The molecular formula is C18H25NO3S. The predicted octanol–water partition coefficient (Wildman–Crippen LogP) is 3.66. The lowest BCUT2D eigenvalue weighted by molar-refractivity contribution is -0.129. The van der Waals surface area contributed by atoms with Gasteiger partial charge in [0.25, 0.3) is 0 Å². The summed E-state index contributed by atoms with van der Waals surface area (Å²) < 4.78 is 5.59. The number of ether oxygens (including phenoxy) is 1. The van der Waals surface area contributed by atoms with Crippen molar-refractivity contribution >= 4 is 22.8 Å². The van der Waals surface area contributed by atoms with Crippen LogP contribution in [0.15, 0.2) is 24.3 Å². The summed E-state index contributed by atoms with van der Waals surface area (Å²) >= 11 is 1.32. The van der Waals surface area contributed by atoms with Crippen molar-refractivity contribution in [3.05, 3.63) is 29.8 Å². The SMILES string of the molecule is CCCOc1ccc(C(C)N2CC(CSC(C)=O)CC2=O)cc1. The highest BCUT2D eigenvalue weighted by molar-refractivity contribution is 8.13. The Morgan fingerprint density at radius 3 is 2.70 bits per heavy atom. The summed E-state index contributed by atoms with van der Waals surface area (Å²) in [7, 11) is 0. The Labute approximate surface area is 142 Å². The van der Waals surface area contributed by atoms with Gasteiger partial charge in [0.05, 0.1) is 12.6 Å². The van der Waals surface area contributed by atoms with E-state index >= 15 is 0 Å². The highest BCUT2D eigenvalue weighted by Gasteiger charge is 2.33. The molecule has 2 rings (SSSR count). The molecule has 0 spiro atoms. The van der Waals surface area contributed by atoms with E-state index in [0.717, 1.165) is 36.6 Å². The fourth-order valence-electron chi connectivity index (χ4n) is 2.77. The molecule has 1 aliphatic heterocycles. The maximum absolute atomic E-state index is 12.3. The van der Waals surface area contributed by atoms with Crippen molar-refractivity contribution in [3.8, 4) is 5.75 Å². The van der Waals surface area contributed by atoms with Crippen LogP contribution in [0.2, 0.25) is 0 Å². The molecule has 1 amide bonds. The molecule has 0 radical (unpaired) electrons. The third kappa shape index (κ3) is 4.99. The Morgan fingerprint density at radius 2 is 2.09 bits per heavy atom. The maximum atomic E-state index is 12.3. The first-order chi connectivity index (χ1) is 11.0. The molecule has 2 atom stereocenters. The number of benzene rings is 1. The van der Waals surface area contributed by atoms with Gasteiger partial charge >= 0.3 is 0 Å². The summed E-state index contributed by atoms with van der Waals surface area (Å²) in [6, 6.07) is 8.03. The third-order valence-electron chi connectivity index (χ3n) is 4.06. The molecule has 1 aromatic carbocycles. The van der Waals surface area contributed by atoms with E-state index in [2.05, 4.69) is 13.8 Å². The van der Waals surface area contributed by atoms with Gasteiger partial charge in [0, 0.05) is 25.6 Å². The first-order valence-corrected chi connectivity index (χ1v) is 9.15. The van der Waals surface area contributed by atoms with E-state index in [1.807, 2.05) is 29.2 Å². The normalized spacial score (nSPS) is 19.0. The van der Waals surface area contributed by atoms with E-state index < -0.39 is 0 Å². The van der Waals surface area contributed by atoms with E-state index in [0.29, 0.717) is 6.42 Å². The zero-order chi connectivity index (χ0) is 16.8. The number of nitrogens with zero attached hydrogens (tertiary/aromatic N) is 1. The number of carbonyl (C=O) groups is 2. The van der Waals surface area contributed by atoms with Gasteiger partial charge in [-0.1, -0.05) is 30.8 Å². The summed E-state index contributed by atoms with van der Waals surface area (Å²) in [5, 5.41) is 0.117. The molecule has 0 N–H and O–H groups in total. The lowest BCUT2D eigenvalue weighted by Crippen LogP contribution is -2.28. The van der Waals surface area contributed by atoms with Gasteiger partial charge in [-0.05, 0) is 37.0 Å². The largest absolute Gasteiger partial charge is 0.494 e. The topological polar surface area (TPSA) is 46.6 Å². The van der Waals surface area contributed by atoms with Gasteiger partial charge in [-0.15, -0.1) is 0 Å². The van der Waals surface area contributed by atoms with Crippen LogP contribution in [0.1, 0.15) is 45.2 Å². The molecule has 2 unspecified atom stereocenters. The molecule has 1 aliphatic rings. The first-order valence-electron chi connectivity index (χ1n) is 8.16. The number of hydrogen-bond acceptors (Lipinski definition) is 4. The van der Waals surface area contributed by atoms with Crippen molar-refractivity contribution in [3.63, 3.8) is 0 Å². The first kappa shape index (κ1) is 17.9. The second-order valence-corrected chi connectivity index (χ2v) is 7.21. The number of hydrogen-bond donors (Lipinski definition) is 0. The van der Waals surface area contributed by atoms with E-state index in [-0.39, 0.29) is 23.0 Å². The zero-order valence-corrected chi connectivity index (χ0v) is 14.9. The molecule has 0 saturated carbocycles. The monoisotopic (exact) mass is 335 g/mol. The van der Waals surface area contributed by atoms with E-state index in [1.165, 1.54) is 11.8 Å². The summed E-state index contributed by atoms with van der Waals surface area (Å²) in [5.74, 6) is 2.05. The van der Waals surface area contributed by atoms with Crippen LogP contribution >= 0.6 is 11.8 Å². The lowest BCUT2D eigenvalue weighted by Gasteiger charge is -2.25. The molecule has 23 heavy (non-hydrogen) atoms. The van der Waals surface area contributed by atoms with E-state index in [4.69, 9.17) is 4.74 Å². The molecule has 1 aromatic rings. The standard InChI is InChI=1S/C18H25NO3S/c1-4-9-22-17-7-5-16(6-8-17)13(2)19-11-15(10-18(19)21)12-23-14(3)20/h5-8,13,15H,4,9-12H2,1-3H3. The fourth-order valence-corrected chi connectivity index (χ4v) is 3.47. The number of thioether (sulfide) groups is 1. The van der Waals surface area contributed by atoms with Crippen LogP contribution in [0, 0.1) is 5.92 Å². The fraction of sp³-hybridized carbons (Fsp3) is 0.556. The molecule has 1 heterocycles. The Bertz CT molecular complexity index is 544. The average molecular weight is 335 g/mol. The summed E-state index contributed by atoms with van der Waals surface area (Å²) in [6.45, 7) is 7.16. The molecule has 5 heteroatoms. The van der Waals surface area contributed by atoms with Gasteiger partial charge in [-0.2, -0.15) is 0 Å². The minimum atomic E-state index is 0.0510. The summed E-state index contributed by atoms with van der Waals surface area (Å²) in [4.78, 5) is 25.3. The van der Waals surface area contributed by atoms with Crippen LogP contribution in [0.25, 0.3) is 0 Å². The van der Waals surface area contributed by atoms with E-state index in [1.54, 1.807) is 6.92 Å². The van der Waals surface area contributed by atoms with Crippen molar-refractivity contribution in [1.82, 2.24) is 4.90 Å². The smallest absolute Gasteiger partial charge is 0.223 e. The quantitative estimate of drug-likeness (QED) is 0.763. The van der Waals surface area contributed by atoms with Gasteiger partial charge < -0.3 is 9.64 Å². The van der Waals surface area contributed by atoms with Gasteiger partial charge in [0.15, 0.2) is 5.12 Å². The molecule has 0 bridgehead atoms. The Balaban J connectivity index is 1.95. The van der Waals surface area contributed by atoms with Crippen LogP contribution in [-0.4, -0.2) is 34.8 Å². The summed E-state index contributed by atoms with van der Waals surface area (Å²) in [5.41, 5.74) is 1.11. The highest BCUT2D eigenvalue weighted by Crippen LogP contribution is 2.30. The Hall–Kier alpha value is -1.49. The predicted molar refractivity (Wildman–Crippen MR) is 93.6 cm³/mol. The second kappa shape index (κ2) is 8.39. The Kier molecular flexibility index (Phi) is 6.51. The van der Waals surface area contributed by atoms with Gasteiger partial charge in [-0.25, -0.2) is 0 Å². The highest BCUT2D eigenvalue weighted by atomic mass is 32.2. The minimum Gasteiger partial charge on any atom is -0.494 e. The van der Waals surface area contributed by atoms with Crippen LogP contribution in [-0.2, 0) is 9.59 Å². The van der Waals surface area contributed by atoms with Gasteiger partial charge in [0.1, 0.15) is 5.75 Å². The van der Waals surface area contributed by atoms with Crippen molar-refractivity contribution in [1.29, 1.82) is 0 Å². The molecular weight excluding hydrogens is 310 g/mol. The molecule has 1 saturated heterocycles. The number of likely N-dealkylation sites (tertiary alicyclic amines) is 1. The zero-order valence-electron chi connectivity index (χ0n) is 14.1. The Morgan fingerprint density at radius 1 is 1.39 bits per heavy atom. The molecule has 0 aliphatic carbocycles. The van der Waals surface area contributed by atoms with Gasteiger partial charge in [0.2, 0.25) is 5.91 Å². The minimum absolute atomic E-state index is 0.0510. The van der Waals surface area contributed by atoms with Crippen LogP contribution in [0.4, 0.5) is 0 Å². The van der Waals surface area contributed by atoms with Crippen LogP contribution in [0.5, 0.6) is 5.75 Å². The maximum Gasteiger partial charge on any atom is 0.223 e. The van der Waals surface area contributed by atoms with Crippen molar-refractivity contribution in [2.24, 2.45) is 5.92 Å². The van der Waals surface area contributed by atoms with Crippen molar-refractivity contribution in [2.45, 2.75) is 39.7 Å². The second-order valence-electron chi connectivity index (χ2n) is 6.01. The summed E-state index contributed by atoms with van der Waals surface area (Å²) in [6.07, 6.45) is 1.53. The van der Waals surface area contributed by atoms with Crippen molar-refractivity contribution < 1.29 is 14.3 Å². The molecule has 126 valence electrons. The van der Waals surface area contributed by atoms with Gasteiger partial charge in [-0.3, -0.25) is 9.59 Å². The average Bonchev–Trinajstić information content (AvgIpc) is 2.91. The molecule has 4 nitrogen and oxygen atoms in total. The van der Waals surface area contributed by atoms with Crippen LogP contribution in [0.3, 0.4) is 0 Å². The number of rotatable bonds is 7. The lowest BCUT2D eigenvalue weighted by atomic mass is 10.1. The van der Waals surface area contributed by atoms with E-state index in [9.17, 15) is 9.59 Å². The van der Waals surface area contributed by atoms with Crippen molar-refractivity contribution in [2.75, 3.05) is 18.9 Å². The molecule has 0 aromatic heterocycles. The third-order valence-corrected chi connectivity index (χ3v) is 5.11. The molecule has 1 fully saturated rings. The number of carbonyl (C=O) groups excluding carboxylic acids is 2. The van der Waals surface area contributed by atoms with Crippen LogP contribution < -0.4 is 4.74 Å².